The molecule has 0 aliphatic carbocycles. The van der Waals surface area contributed by atoms with Crippen molar-refractivity contribution in [3.05, 3.63) is 23.8 Å². The largest absolute Gasteiger partial charge is 0.293 e. The molecule has 1 aromatic heterocycles. The molecule has 3 nitrogen and oxygen atoms in total. The molecule has 3 heteroatoms. The number of hydrogen-bond acceptors (Lipinski definition) is 3. The molecule has 82 valence electrons. The minimum atomic E-state index is -0.0141. The van der Waals surface area contributed by atoms with Crippen molar-refractivity contribution in [1.29, 1.82) is 0 Å². The molecule has 1 rings (SSSR count). The minimum Gasteiger partial charge on any atom is -0.293 e. The third-order valence-electron chi connectivity index (χ3n) is 2.72. The van der Waals surface area contributed by atoms with Gasteiger partial charge in [-0.3, -0.25) is 4.79 Å². The molecule has 1 aromatic rings. The smallest absolute Gasteiger partial charge is 0.178 e. The molecule has 1 heterocycles. The lowest BCUT2D eigenvalue weighted by molar-refractivity contribution is 0.101. The molecule has 0 aliphatic rings. The fourth-order valence-corrected chi connectivity index (χ4v) is 1.17. The average Bonchev–Trinajstić information content (AvgIpc) is 2.15. The van der Waals surface area contributed by atoms with Gasteiger partial charge in [-0.2, -0.15) is 0 Å². The Kier molecular flexibility index (Phi) is 3.22. The Hall–Kier alpha value is -1.25. The highest BCUT2D eigenvalue weighted by molar-refractivity contribution is 5.91. The number of carbonyl (C=O) groups is 1. The summed E-state index contributed by atoms with van der Waals surface area (Å²) in [5.41, 5.74) is 0.603. The summed E-state index contributed by atoms with van der Waals surface area (Å²) in [6, 6.07) is 1.65. The summed E-state index contributed by atoms with van der Waals surface area (Å²) in [5, 5.41) is 0. The van der Waals surface area contributed by atoms with Crippen molar-refractivity contribution in [2.45, 2.75) is 40.5 Å². The third-order valence-corrected chi connectivity index (χ3v) is 2.72. The highest BCUT2D eigenvalue weighted by atomic mass is 16.1. The van der Waals surface area contributed by atoms with Gasteiger partial charge in [-0.25, -0.2) is 9.97 Å². The van der Waals surface area contributed by atoms with E-state index >= 15 is 0 Å². The van der Waals surface area contributed by atoms with E-state index in [1.165, 1.54) is 6.92 Å². The van der Waals surface area contributed by atoms with Crippen LogP contribution in [0.3, 0.4) is 0 Å². The molecule has 0 bridgehead atoms. The molecular formula is C12H18N2O. The molecule has 0 saturated carbocycles. The van der Waals surface area contributed by atoms with Gasteiger partial charge in [-0.15, -0.1) is 0 Å². The number of nitrogens with zero attached hydrogens (tertiary/aromatic N) is 2. The Labute approximate surface area is 91.0 Å². The summed E-state index contributed by atoms with van der Waals surface area (Å²) < 4.78 is 0. The van der Waals surface area contributed by atoms with Gasteiger partial charge in [-0.05, 0) is 11.5 Å². The van der Waals surface area contributed by atoms with Gasteiger partial charge in [0.1, 0.15) is 11.5 Å². The van der Waals surface area contributed by atoms with E-state index in [1.54, 1.807) is 12.3 Å². The van der Waals surface area contributed by atoms with Crippen molar-refractivity contribution in [3.63, 3.8) is 0 Å². The number of ketones is 1. The highest BCUT2D eigenvalue weighted by Gasteiger charge is 2.24. The zero-order chi connectivity index (χ0) is 11.6. The average molecular weight is 206 g/mol. The van der Waals surface area contributed by atoms with Crippen molar-refractivity contribution in [1.82, 2.24) is 9.97 Å². The van der Waals surface area contributed by atoms with Gasteiger partial charge >= 0.3 is 0 Å². The maximum absolute atomic E-state index is 11.2. The molecule has 1 unspecified atom stereocenters. The maximum atomic E-state index is 11.2. The van der Waals surface area contributed by atoms with Crippen LogP contribution in [0, 0.1) is 5.41 Å². The number of aromatic nitrogens is 2. The summed E-state index contributed by atoms with van der Waals surface area (Å²) in [6.45, 7) is 10.0. The van der Waals surface area contributed by atoms with E-state index < -0.39 is 0 Å². The molecule has 0 radical (unpaired) electrons. The van der Waals surface area contributed by atoms with Gasteiger partial charge in [0.2, 0.25) is 0 Å². The second-order valence-electron chi connectivity index (χ2n) is 4.94. The van der Waals surface area contributed by atoms with E-state index in [0.717, 1.165) is 5.82 Å². The van der Waals surface area contributed by atoms with E-state index in [2.05, 4.69) is 37.7 Å². The number of carbonyl (C=O) groups excluding carboxylic acids is 1. The molecule has 0 saturated heterocycles. The van der Waals surface area contributed by atoms with Crippen LogP contribution in [0.5, 0.6) is 0 Å². The van der Waals surface area contributed by atoms with Crippen LogP contribution < -0.4 is 0 Å². The predicted molar refractivity (Wildman–Crippen MR) is 59.9 cm³/mol. The Bertz CT molecular complexity index is 366. The van der Waals surface area contributed by atoms with E-state index in [0.29, 0.717) is 5.69 Å². The first-order chi connectivity index (χ1) is 6.82. The topological polar surface area (TPSA) is 42.9 Å². The van der Waals surface area contributed by atoms with Crippen LogP contribution in [-0.2, 0) is 0 Å². The number of rotatable bonds is 2. The van der Waals surface area contributed by atoms with Gasteiger partial charge < -0.3 is 0 Å². The number of Topliss-reactive ketones (excluding diaryl/α,β-unsaturated/α-hetero) is 1. The molecular weight excluding hydrogens is 188 g/mol. The summed E-state index contributed by atoms with van der Waals surface area (Å²) in [7, 11) is 0. The Morgan fingerprint density at radius 2 is 2.00 bits per heavy atom. The second kappa shape index (κ2) is 4.09. The van der Waals surface area contributed by atoms with Crippen LogP contribution in [0.1, 0.15) is 56.8 Å². The van der Waals surface area contributed by atoms with Crippen LogP contribution in [-0.4, -0.2) is 15.8 Å². The van der Waals surface area contributed by atoms with Crippen LogP contribution in [0.15, 0.2) is 12.3 Å². The molecule has 0 N–H and O–H groups in total. The molecule has 15 heavy (non-hydrogen) atoms. The minimum absolute atomic E-state index is 0.0141. The van der Waals surface area contributed by atoms with Gasteiger partial charge in [-0.1, -0.05) is 27.7 Å². The lowest BCUT2D eigenvalue weighted by Gasteiger charge is -2.25. The molecule has 0 aliphatic heterocycles. The predicted octanol–water partition coefficient (Wildman–Crippen LogP) is 2.83. The van der Waals surface area contributed by atoms with Gasteiger partial charge in [0.05, 0.1) is 0 Å². The molecule has 0 aromatic carbocycles. The van der Waals surface area contributed by atoms with Crippen molar-refractivity contribution < 1.29 is 4.79 Å². The first-order valence-electron chi connectivity index (χ1n) is 5.16. The normalized spacial score (nSPS) is 13.7. The van der Waals surface area contributed by atoms with Crippen LogP contribution in [0.4, 0.5) is 0 Å². The van der Waals surface area contributed by atoms with Crippen molar-refractivity contribution >= 4 is 5.78 Å². The zero-order valence-electron chi connectivity index (χ0n) is 10.0. The highest BCUT2D eigenvalue weighted by Crippen LogP contribution is 2.32. The first kappa shape index (κ1) is 11.8. The molecule has 1 atom stereocenters. The Balaban J connectivity index is 3.06. The third kappa shape index (κ3) is 2.85. The van der Waals surface area contributed by atoms with Crippen molar-refractivity contribution in [2.24, 2.45) is 5.41 Å². The standard InChI is InChI=1S/C12H18N2O/c1-8(12(3,4)5)11-13-7-6-10(14-11)9(2)15/h6-8H,1-5H3. The lowest BCUT2D eigenvalue weighted by Crippen LogP contribution is -2.18. The maximum Gasteiger partial charge on any atom is 0.178 e. The monoisotopic (exact) mass is 206 g/mol. The number of hydrogen-bond donors (Lipinski definition) is 0. The fourth-order valence-electron chi connectivity index (χ4n) is 1.17. The Morgan fingerprint density at radius 1 is 1.40 bits per heavy atom. The molecule has 0 spiro atoms. The summed E-state index contributed by atoms with van der Waals surface area (Å²) >= 11 is 0. The summed E-state index contributed by atoms with van der Waals surface area (Å²) in [5.74, 6) is 0.965. The quantitative estimate of drug-likeness (QED) is 0.699. The first-order valence-corrected chi connectivity index (χ1v) is 5.16. The Morgan fingerprint density at radius 3 is 2.47 bits per heavy atom. The second-order valence-corrected chi connectivity index (χ2v) is 4.94. The van der Waals surface area contributed by atoms with Crippen LogP contribution in [0.2, 0.25) is 0 Å². The molecule has 0 fully saturated rings. The van der Waals surface area contributed by atoms with E-state index in [4.69, 9.17) is 0 Å². The SMILES string of the molecule is CC(=O)c1ccnc(C(C)C(C)(C)C)n1. The summed E-state index contributed by atoms with van der Waals surface area (Å²) in [6.07, 6.45) is 1.65. The van der Waals surface area contributed by atoms with Crippen molar-refractivity contribution in [3.8, 4) is 0 Å². The van der Waals surface area contributed by atoms with Crippen molar-refractivity contribution in [2.75, 3.05) is 0 Å². The van der Waals surface area contributed by atoms with Crippen LogP contribution >= 0.6 is 0 Å². The van der Waals surface area contributed by atoms with Gasteiger partial charge in [0, 0.05) is 19.0 Å². The zero-order valence-corrected chi connectivity index (χ0v) is 10.0. The molecule has 0 amide bonds. The van der Waals surface area contributed by atoms with E-state index in [1.807, 2.05) is 0 Å². The summed E-state index contributed by atoms with van der Waals surface area (Å²) in [4.78, 5) is 19.7. The van der Waals surface area contributed by atoms with E-state index in [9.17, 15) is 4.79 Å². The van der Waals surface area contributed by atoms with Gasteiger partial charge in [0.15, 0.2) is 5.78 Å². The lowest BCUT2D eigenvalue weighted by atomic mass is 9.81. The van der Waals surface area contributed by atoms with Crippen LogP contribution in [0.25, 0.3) is 0 Å². The fraction of sp³-hybridized carbons (Fsp3) is 0.583. The van der Waals surface area contributed by atoms with E-state index in [-0.39, 0.29) is 17.1 Å². The van der Waals surface area contributed by atoms with Gasteiger partial charge in [0.25, 0.3) is 0 Å².